The number of nitrogens with zero attached hydrogens (tertiary/aromatic N) is 3. The summed E-state index contributed by atoms with van der Waals surface area (Å²) in [6.07, 6.45) is 7.34. The first-order valence-corrected chi connectivity index (χ1v) is 7.48. The lowest BCUT2D eigenvalue weighted by Gasteiger charge is -2.33. The Morgan fingerprint density at radius 3 is 3.00 bits per heavy atom. The second-order valence-corrected chi connectivity index (χ2v) is 5.66. The lowest BCUT2D eigenvalue weighted by atomic mass is 10.0. The molecule has 1 aromatic carbocycles. The van der Waals surface area contributed by atoms with Crippen LogP contribution < -0.4 is 0 Å². The van der Waals surface area contributed by atoms with Crippen molar-refractivity contribution in [1.82, 2.24) is 14.5 Å². The second kappa shape index (κ2) is 5.74. The maximum Gasteiger partial charge on any atom is 0.0958 e. The molecule has 1 saturated heterocycles. The van der Waals surface area contributed by atoms with Crippen LogP contribution in [0.15, 0.2) is 30.6 Å². The van der Waals surface area contributed by atoms with Gasteiger partial charge in [0.15, 0.2) is 0 Å². The Balaban J connectivity index is 1.57. The van der Waals surface area contributed by atoms with Gasteiger partial charge in [-0.1, -0.05) is 18.6 Å². The first kappa shape index (κ1) is 12.7. The Morgan fingerprint density at radius 1 is 1.21 bits per heavy atom. The van der Waals surface area contributed by atoms with Crippen molar-refractivity contribution in [2.75, 3.05) is 13.1 Å². The number of hydrogen-bond acceptors (Lipinski definition) is 2. The fourth-order valence-electron chi connectivity index (χ4n) is 3.12. The topological polar surface area (TPSA) is 21.1 Å². The summed E-state index contributed by atoms with van der Waals surface area (Å²) in [4.78, 5) is 7.09. The second-order valence-electron chi connectivity index (χ2n) is 5.66. The van der Waals surface area contributed by atoms with Crippen LogP contribution in [0.5, 0.6) is 0 Å². The Hall–Kier alpha value is -1.35. The zero-order valence-corrected chi connectivity index (χ0v) is 11.8. The van der Waals surface area contributed by atoms with Crippen LogP contribution >= 0.6 is 0 Å². The van der Waals surface area contributed by atoms with Crippen molar-refractivity contribution in [3.8, 4) is 0 Å². The van der Waals surface area contributed by atoms with Gasteiger partial charge in [-0.25, -0.2) is 4.98 Å². The zero-order chi connectivity index (χ0) is 13.1. The lowest BCUT2D eigenvalue weighted by Crippen LogP contribution is -2.38. The van der Waals surface area contributed by atoms with E-state index in [-0.39, 0.29) is 0 Å². The van der Waals surface area contributed by atoms with Gasteiger partial charge in [0.2, 0.25) is 0 Å². The molecule has 102 valence electrons. The van der Waals surface area contributed by atoms with Crippen molar-refractivity contribution in [2.24, 2.45) is 0 Å². The molecule has 2 aromatic rings. The maximum absolute atomic E-state index is 4.45. The van der Waals surface area contributed by atoms with Crippen LogP contribution in [0.1, 0.15) is 32.6 Å². The van der Waals surface area contributed by atoms with Crippen LogP contribution in [0.4, 0.5) is 0 Å². The quantitative estimate of drug-likeness (QED) is 0.838. The predicted molar refractivity (Wildman–Crippen MR) is 79.2 cm³/mol. The molecular formula is C16H23N3. The summed E-state index contributed by atoms with van der Waals surface area (Å²) < 4.78 is 2.28. The van der Waals surface area contributed by atoms with E-state index in [9.17, 15) is 0 Å². The third kappa shape index (κ3) is 2.81. The largest absolute Gasteiger partial charge is 0.331 e. The Morgan fingerprint density at radius 2 is 2.11 bits per heavy atom. The molecule has 1 aliphatic heterocycles. The fraction of sp³-hybridized carbons (Fsp3) is 0.562. The highest BCUT2D eigenvalue weighted by Crippen LogP contribution is 2.17. The number of likely N-dealkylation sites (tertiary alicyclic amines) is 1. The van der Waals surface area contributed by atoms with E-state index in [0.29, 0.717) is 0 Å². The molecule has 3 nitrogen and oxygen atoms in total. The molecule has 0 spiro atoms. The molecule has 1 fully saturated rings. The van der Waals surface area contributed by atoms with Crippen molar-refractivity contribution in [3.05, 3.63) is 30.6 Å². The lowest BCUT2D eigenvalue weighted by molar-refractivity contribution is 0.157. The standard InChI is InChI=1S/C16H23N3/c1-14-7-4-5-10-18(14)11-6-12-19-13-17-15-8-2-3-9-16(15)19/h2-3,8-9,13-14H,4-7,10-12H2,1H3/t14-/m1/s1. The fourth-order valence-corrected chi connectivity index (χ4v) is 3.12. The Kier molecular flexibility index (Phi) is 3.83. The number of fused-ring (bicyclic) bond motifs is 1. The number of benzene rings is 1. The van der Waals surface area contributed by atoms with Gasteiger partial charge in [-0.2, -0.15) is 0 Å². The number of imidazole rings is 1. The van der Waals surface area contributed by atoms with Crippen LogP contribution in [-0.2, 0) is 6.54 Å². The number of hydrogen-bond donors (Lipinski definition) is 0. The van der Waals surface area contributed by atoms with Crippen LogP contribution in [0, 0.1) is 0 Å². The first-order chi connectivity index (χ1) is 9.34. The molecule has 3 heteroatoms. The van der Waals surface area contributed by atoms with Crippen molar-refractivity contribution >= 4 is 11.0 Å². The average molecular weight is 257 g/mol. The van der Waals surface area contributed by atoms with E-state index in [1.54, 1.807) is 0 Å². The van der Waals surface area contributed by atoms with E-state index < -0.39 is 0 Å². The molecule has 0 amide bonds. The smallest absolute Gasteiger partial charge is 0.0958 e. The highest BCUT2D eigenvalue weighted by molar-refractivity contribution is 5.74. The van der Waals surface area contributed by atoms with E-state index >= 15 is 0 Å². The molecule has 0 saturated carbocycles. The van der Waals surface area contributed by atoms with Crippen molar-refractivity contribution in [3.63, 3.8) is 0 Å². The summed E-state index contributed by atoms with van der Waals surface area (Å²) in [6.45, 7) is 5.94. The summed E-state index contributed by atoms with van der Waals surface area (Å²) in [5, 5.41) is 0. The molecule has 1 aliphatic rings. The number of aromatic nitrogens is 2. The minimum atomic E-state index is 0.772. The summed E-state index contributed by atoms with van der Waals surface area (Å²) in [7, 11) is 0. The highest BCUT2D eigenvalue weighted by atomic mass is 15.2. The SMILES string of the molecule is C[C@@H]1CCCCN1CCCn1cnc2ccccc21. The molecule has 1 aromatic heterocycles. The van der Waals surface area contributed by atoms with Crippen LogP contribution in [0.3, 0.4) is 0 Å². The molecule has 0 bridgehead atoms. The van der Waals surface area contributed by atoms with Crippen LogP contribution in [0.2, 0.25) is 0 Å². The number of para-hydroxylation sites is 2. The monoisotopic (exact) mass is 257 g/mol. The first-order valence-electron chi connectivity index (χ1n) is 7.48. The molecule has 0 radical (unpaired) electrons. The predicted octanol–water partition coefficient (Wildman–Crippen LogP) is 3.30. The third-order valence-electron chi connectivity index (χ3n) is 4.31. The number of piperidine rings is 1. The van der Waals surface area contributed by atoms with E-state index in [0.717, 1.165) is 18.1 Å². The molecule has 0 aliphatic carbocycles. The van der Waals surface area contributed by atoms with Gasteiger partial charge >= 0.3 is 0 Å². The molecule has 1 atom stereocenters. The summed E-state index contributed by atoms with van der Waals surface area (Å²) in [6, 6.07) is 9.15. The maximum atomic E-state index is 4.45. The van der Waals surface area contributed by atoms with Gasteiger partial charge in [0, 0.05) is 19.1 Å². The molecule has 2 heterocycles. The van der Waals surface area contributed by atoms with Gasteiger partial charge in [0.1, 0.15) is 0 Å². The van der Waals surface area contributed by atoms with E-state index in [1.165, 1.54) is 44.3 Å². The highest BCUT2D eigenvalue weighted by Gasteiger charge is 2.17. The van der Waals surface area contributed by atoms with E-state index in [2.05, 4.69) is 45.6 Å². The van der Waals surface area contributed by atoms with Gasteiger partial charge in [-0.3, -0.25) is 0 Å². The van der Waals surface area contributed by atoms with Gasteiger partial charge in [0.05, 0.1) is 17.4 Å². The van der Waals surface area contributed by atoms with Crippen LogP contribution in [0.25, 0.3) is 11.0 Å². The van der Waals surface area contributed by atoms with Gasteiger partial charge < -0.3 is 9.47 Å². The molecule has 0 unspecified atom stereocenters. The summed E-state index contributed by atoms with van der Waals surface area (Å²) >= 11 is 0. The molecule has 19 heavy (non-hydrogen) atoms. The normalized spacial score (nSPS) is 21.0. The van der Waals surface area contributed by atoms with Gasteiger partial charge in [-0.15, -0.1) is 0 Å². The van der Waals surface area contributed by atoms with Crippen molar-refractivity contribution in [2.45, 2.75) is 45.2 Å². The summed E-state index contributed by atoms with van der Waals surface area (Å²) in [5.41, 5.74) is 2.36. The van der Waals surface area contributed by atoms with E-state index in [4.69, 9.17) is 0 Å². The molecule has 3 rings (SSSR count). The Labute approximate surface area is 115 Å². The van der Waals surface area contributed by atoms with Gasteiger partial charge in [-0.05, 0) is 44.9 Å². The number of aryl methyl sites for hydroxylation is 1. The van der Waals surface area contributed by atoms with Crippen LogP contribution in [-0.4, -0.2) is 33.6 Å². The summed E-state index contributed by atoms with van der Waals surface area (Å²) in [5.74, 6) is 0. The Bertz CT molecular complexity index is 532. The average Bonchev–Trinajstić information content (AvgIpc) is 2.85. The molecular weight excluding hydrogens is 234 g/mol. The minimum absolute atomic E-state index is 0.772. The minimum Gasteiger partial charge on any atom is -0.331 e. The third-order valence-corrected chi connectivity index (χ3v) is 4.31. The van der Waals surface area contributed by atoms with Crippen molar-refractivity contribution < 1.29 is 0 Å². The zero-order valence-electron chi connectivity index (χ0n) is 11.8. The molecule has 0 N–H and O–H groups in total. The number of rotatable bonds is 4. The van der Waals surface area contributed by atoms with Crippen molar-refractivity contribution in [1.29, 1.82) is 0 Å². The van der Waals surface area contributed by atoms with Gasteiger partial charge in [0.25, 0.3) is 0 Å². The van der Waals surface area contributed by atoms with E-state index in [1.807, 2.05) is 6.33 Å².